The summed E-state index contributed by atoms with van der Waals surface area (Å²) in [5.74, 6) is -0.111. The highest BCUT2D eigenvalue weighted by atomic mass is 32.2. The Kier molecular flexibility index (Phi) is 7.22. The minimum atomic E-state index is -0.577. The number of nitrogen functional groups attached to an aromatic ring is 1. The van der Waals surface area contributed by atoms with E-state index >= 15 is 0 Å². The second kappa shape index (κ2) is 9.62. The van der Waals surface area contributed by atoms with Crippen LogP contribution in [0.25, 0.3) is 0 Å². The Labute approximate surface area is 155 Å². The highest BCUT2D eigenvalue weighted by molar-refractivity contribution is 7.99. The maximum absolute atomic E-state index is 12.1. The number of aromatic nitrogens is 2. The van der Waals surface area contributed by atoms with Crippen LogP contribution in [-0.4, -0.2) is 40.8 Å². The standard InChI is InChI=1S/C17H20N4O4S/c1-3-24-13-8-6-5-7-12(13)20-14(22)10-26-17-19-9-11(15(18)21-17)16(23)25-4-2/h5-9H,3-4,10H2,1-2H3,(H,20,22)(H2,18,19,21). The largest absolute Gasteiger partial charge is 0.492 e. The predicted molar refractivity (Wildman–Crippen MR) is 99.4 cm³/mol. The molecule has 8 nitrogen and oxygen atoms in total. The summed E-state index contributed by atoms with van der Waals surface area (Å²) in [6.07, 6.45) is 1.30. The van der Waals surface area contributed by atoms with Crippen LogP contribution in [0.2, 0.25) is 0 Å². The predicted octanol–water partition coefficient (Wildman–Crippen LogP) is 2.36. The molecule has 2 aromatic rings. The summed E-state index contributed by atoms with van der Waals surface area (Å²) in [5.41, 5.74) is 6.45. The molecule has 9 heteroatoms. The van der Waals surface area contributed by atoms with Crippen LogP contribution in [-0.2, 0) is 9.53 Å². The lowest BCUT2D eigenvalue weighted by atomic mass is 10.3. The van der Waals surface area contributed by atoms with Gasteiger partial charge in [0.05, 0.1) is 24.7 Å². The van der Waals surface area contributed by atoms with E-state index in [4.69, 9.17) is 15.2 Å². The summed E-state index contributed by atoms with van der Waals surface area (Å²) < 4.78 is 10.3. The lowest BCUT2D eigenvalue weighted by Gasteiger charge is -2.11. The number of nitrogens with two attached hydrogens (primary N) is 1. The quantitative estimate of drug-likeness (QED) is 0.410. The second-order valence-corrected chi connectivity index (χ2v) is 5.88. The van der Waals surface area contributed by atoms with Crippen LogP contribution < -0.4 is 15.8 Å². The van der Waals surface area contributed by atoms with Crippen molar-refractivity contribution in [2.45, 2.75) is 19.0 Å². The zero-order valence-corrected chi connectivity index (χ0v) is 15.3. The first-order valence-electron chi connectivity index (χ1n) is 7.99. The van der Waals surface area contributed by atoms with Gasteiger partial charge in [-0.25, -0.2) is 14.8 Å². The second-order valence-electron chi connectivity index (χ2n) is 4.94. The van der Waals surface area contributed by atoms with Crippen molar-refractivity contribution in [3.63, 3.8) is 0 Å². The normalized spacial score (nSPS) is 10.2. The third kappa shape index (κ3) is 5.35. The summed E-state index contributed by atoms with van der Waals surface area (Å²) in [7, 11) is 0. The van der Waals surface area contributed by atoms with E-state index in [1.807, 2.05) is 19.1 Å². The topological polar surface area (TPSA) is 116 Å². The van der Waals surface area contributed by atoms with Gasteiger partial charge in [0.25, 0.3) is 0 Å². The van der Waals surface area contributed by atoms with E-state index < -0.39 is 5.97 Å². The number of ether oxygens (including phenoxy) is 2. The van der Waals surface area contributed by atoms with Gasteiger partial charge in [-0.05, 0) is 26.0 Å². The molecule has 26 heavy (non-hydrogen) atoms. The number of para-hydroxylation sites is 2. The van der Waals surface area contributed by atoms with E-state index in [2.05, 4.69) is 15.3 Å². The van der Waals surface area contributed by atoms with Gasteiger partial charge in [0.1, 0.15) is 17.1 Å². The van der Waals surface area contributed by atoms with Crippen molar-refractivity contribution in [3.8, 4) is 5.75 Å². The zero-order chi connectivity index (χ0) is 18.9. The first-order valence-corrected chi connectivity index (χ1v) is 8.97. The molecule has 1 heterocycles. The first kappa shape index (κ1) is 19.5. The molecule has 0 saturated heterocycles. The maximum atomic E-state index is 12.1. The molecule has 0 radical (unpaired) electrons. The summed E-state index contributed by atoms with van der Waals surface area (Å²) >= 11 is 1.11. The average molecular weight is 376 g/mol. The van der Waals surface area contributed by atoms with E-state index in [0.717, 1.165) is 11.8 Å². The highest BCUT2D eigenvalue weighted by Gasteiger charge is 2.15. The molecule has 1 aromatic carbocycles. The Hall–Kier alpha value is -2.81. The van der Waals surface area contributed by atoms with Crippen LogP contribution in [0.15, 0.2) is 35.6 Å². The number of anilines is 2. The molecule has 3 N–H and O–H groups in total. The number of carbonyl (C=O) groups excluding carboxylic acids is 2. The minimum Gasteiger partial charge on any atom is -0.492 e. The van der Waals surface area contributed by atoms with E-state index in [0.29, 0.717) is 23.2 Å². The van der Waals surface area contributed by atoms with E-state index in [-0.39, 0.29) is 29.6 Å². The number of amides is 1. The lowest BCUT2D eigenvalue weighted by Crippen LogP contribution is -2.15. The van der Waals surface area contributed by atoms with Gasteiger partial charge in [-0.2, -0.15) is 0 Å². The molecule has 0 fully saturated rings. The smallest absolute Gasteiger partial charge is 0.343 e. The van der Waals surface area contributed by atoms with Gasteiger partial charge in [-0.1, -0.05) is 23.9 Å². The molecule has 0 saturated carbocycles. The van der Waals surface area contributed by atoms with Gasteiger partial charge >= 0.3 is 5.97 Å². The highest BCUT2D eigenvalue weighted by Crippen LogP contribution is 2.24. The van der Waals surface area contributed by atoms with Crippen LogP contribution in [0.4, 0.5) is 11.5 Å². The molecule has 138 valence electrons. The number of thioether (sulfide) groups is 1. The Morgan fingerprint density at radius 1 is 1.23 bits per heavy atom. The third-order valence-electron chi connectivity index (χ3n) is 3.08. The fourth-order valence-corrected chi connectivity index (χ4v) is 2.60. The minimum absolute atomic E-state index is 0.0167. The van der Waals surface area contributed by atoms with E-state index in [1.54, 1.807) is 19.1 Å². The molecule has 0 unspecified atom stereocenters. The molecule has 2 rings (SSSR count). The van der Waals surface area contributed by atoms with Crippen LogP contribution in [0.1, 0.15) is 24.2 Å². The van der Waals surface area contributed by atoms with Crippen molar-refractivity contribution in [1.29, 1.82) is 0 Å². The number of rotatable bonds is 8. The maximum Gasteiger partial charge on any atom is 0.343 e. The third-order valence-corrected chi connectivity index (χ3v) is 3.95. The number of hydrogen-bond acceptors (Lipinski definition) is 8. The number of hydrogen-bond donors (Lipinski definition) is 2. The molecule has 0 bridgehead atoms. The van der Waals surface area contributed by atoms with Crippen molar-refractivity contribution < 1.29 is 19.1 Å². The van der Waals surface area contributed by atoms with Crippen molar-refractivity contribution in [1.82, 2.24) is 9.97 Å². The van der Waals surface area contributed by atoms with Crippen LogP contribution in [0.3, 0.4) is 0 Å². The lowest BCUT2D eigenvalue weighted by molar-refractivity contribution is -0.113. The number of carbonyl (C=O) groups is 2. The zero-order valence-electron chi connectivity index (χ0n) is 14.5. The molecular formula is C17H20N4O4S. The van der Waals surface area contributed by atoms with Crippen molar-refractivity contribution in [3.05, 3.63) is 36.0 Å². The Morgan fingerprint density at radius 3 is 2.69 bits per heavy atom. The number of benzene rings is 1. The molecule has 1 aromatic heterocycles. The van der Waals surface area contributed by atoms with Gasteiger partial charge in [-0.3, -0.25) is 4.79 Å². The summed E-state index contributed by atoms with van der Waals surface area (Å²) in [6, 6.07) is 7.18. The molecule has 0 aliphatic heterocycles. The Morgan fingerprint density at radius 2 is 2.00 bits per heavy atom. The Bertz CT molecular complexity index is 785. The number of nitrogens with one attached hydrogen (secondary N) is 1. The summed E-state index contributed by atoms with van der Waals surface area (Å²) in [5, 5.41) is 3.08. The van der Waals surface area contributed by atoms with Crippen molar-refractivity contribution in [2.24, 2.45) is 0 Å². The van der Waals surface area contributed by atoms with Crippen molar-refractivity contribution >= 4 is 35.1 Å². The average Bonchev–Trinajstić information content (AvgIpc) is 2.62. The molecule has 0 aliphatic rings. The molecular weight excluding hydrogens is 356 g/mol. The van der Waals surface area contributed by atoms with E-state index in [9.17, 15) is 9.59 Å². The van der Waals surface area contributed by atoms with Crippen LogP contribution in [0, 0.1) is 0 Å². The SMILES string of the molecule is CCOC(=O)c1cnc(SCC(=O)Nc2ccccc2OCC)nc1N. The van der Waals surface area contributed by atoms with Gasteiger partial charge in [-0.15, -0.1) is 0 Å². The van der Waals surface area contributed by atoms with Crippen LogP contribution >= 0.6 is 11.8 Å². The van der Waals surface area contributed by atoms with Crippen molar-refractivity contribution in [2.75, 3.05) is 30.0 Å². The fourth-order valence-electron chi connectivity index (χ4n) is 1.98. The number of esters is 1. The molecule has 0 atom stereocenters. The molecule has 0 spiro atoms. The first-order chi connectivity index (χ1) is 12.5. The van der Waals surface area contributed by atoms with Gasteiger partial charge in [0.15, 0.2) is 5.16 Å². The van der Waals surface area contributed by atoms with Crippen LogP contribution in [0.5, 0.6) is 5.75 Å². The fraction of sp³-hybridized carbons (Fsp3) is 0.294. The van der Waals surface area contributed by atoms with E-state index in [1.165, 1.54) is 6.20 Å². The van der Waals surface area contributed by atoms with Gasteiger partial charge in [0, 0.05) is 6.20 Å². The molecule has 0 aliphatic carbocycles. The molecule has 1 amide bonds. The monoisotopic (exact) mass is 376 g/mol. The summed E-state index contributed by atoms with van der Waals surface area (Å²) in [4.78, 5) is 31.9. The Balaban J connectivity index is 1.95. The summed E-state index contributed by atoms with van der Waals surface area (Å²) in [6.45, 7) is 4.30. The van der Waals surface area contributed by atoms with Gasteiger partial charge in [0.2, 0.25) is 5.91 Å². The van der Waals surface area contributed by atoms with Gasteiger partial charge < -0.3 is 20.5 Å². The number of nitrogens with zero attached hydrogens (tertiary/aromatic N) is 2.